The molecule has 92 valence electrons. The number of aromatic nitrogens is 1. The van der Waals surface area contributed by atoms with E-state index in [1.807, 2.05) is 0 Å². The van der Waals surface area contributed by atoms with Gasteiger partial charge in [0.15, 0.2) is 5.13 Å². The second kappa shape index (κ2) is 4.80. The van der Waals surface area contributed by atoms with E-state index in [2.05, 4.69) is 9.72 Å². The van der Waals surface area contributed by atoms with Crippen LogP contribution in [0.2, 0.25) is 0 Å². The zero-order valence-electron chi connectivity index (χ0n) is 9.38. The van der Waals surface area contributed by atoms with E-state index in [0.717, 1.165) is 0 Å². The number of carbonyl (C=O) groups excluding carboxylic acids is 2. The van der Waals surface area contributed by atoms with Gasteiger partial charge in [-0.3, -0.25) is 14.5 Å². The first-order valence-corrected chi connectivity index (χ1v) is 6.05. The van der Waals surface area contributed by atoms with Gasteiger partial charge in [-0.05, 0) is 0 Å². The van der Waals surface area contributed by atoms with Crippen LogP contribution in [-0.4, -0.2) is 36.6 Å². The van der Waals surface area contributed by atoms with Crippen LogP contribution in [-0.2, 0) is 20.7 Å². The maximum Gasteiger partial charge on any atom is 0.311 e. The summed E-state index contributed by atoms with van der Waals surface area (Å²) in [5.74, 6) is -0.359. The lowest BCUT2D eigenvalue weighted by Gasteiger charge is -2.11. The average molecular weight is 255 g/mol. The van der Waals surface area contributed by atoms with Crippen LogP contribution < -0.4 is 10.6 Å². The Morgan fingerprint density at radius 3 is 3.12 bits per heavy atom. The average Bonchev–Trinajstić information content (AvgIpc) is 2.85. The fourth-order valence-corrected chi connectivity index (χ4v) is 2.49. The molecule has 0 bridgehead atoms. The van der Waals surface area contributed by atoms with E-state index in [9.17, 15) is 9.59 Å². The Kier molecular flexibility index (Phi) is 3.39. The summed E-state index contributed by atoms with van der Waals surface area (Å²) in [7, 11) is 1.33. The lowest BCUT2D eigenvalue weighted by molar-refractivity contribution is -0.139. The molecule has 1 aromatic heterocycles. The van der Waals surface area contributed by atoms with Crippen molar-refractivity contribution in [2.45, 2.75) is 18.9 Å². The van der Waals surface area contributed by atoms with Crippen molar-refractivity contribution in [1.82, 2.24) is 4.98 Å². The molecule has 1 atom stereocenters. The number of amides is 1. The smallest absolute Gasteiger partial charge is 0.311 e. The number of hydrogen-bond donors (Lipinski definition) is 1. The molecule has 1 aliphatic rings. The van der Waals surface area contributed by atoms with E-state index in [0.29, 0.717) is 23.8 Å². The van der Waals surface area contributed by atoms with Crippen molar-refractivity contribution in [3.8, 4) is 0 Å². The quantitative estimate of drug-likeness (QED) is 0.764. The molecule has 0 aliphatic carbocycles. The largest absolute Gasteiger partial charge is 0.469 e. The van der Waals surface area contributed by atoms with Gasteiger partial charge in [-0.15, -0.1) is 11.3 Å². The molecule has 1 unspecified atom stereocenters. The molecule has 6 nitrogen and oxygen atoms in total. The number of methoxy groups -OCH3 is 1. The van der Waals surface area contributed by atoms with Crippen molar-refractivity contribution < 1.29 is 14.3 Å². The van der Waals surface area contributed by atoms with Crippen LogP contribution in [0.3, 0.4) is 0 Å². The highest BCUT2D eigenvalue weighted by atomic mass is 32.1. The number of nitrogens with zero attached hydrogens (tertiary/aromatic N) is 2. The van der Waals surface area contributed by atoms with E-state index >= 15 is 0 Å². The summed E-state index contributed by atoms with van der Waals surface area (Å²) in [5.41, 5.74) is 6.32. The minimum absolute atomic E-state index is 0.0172. The summed E-state index contributed by atoms with van der Waals surface area (Å²) in [6, 6.07) is -0.129. The number of anilines is 1. The Labute approximate surface area is 102 Å². The molecular weight excluding hydrogens is 242 g/mol. The van der Waals surface area contributed by atoms with Gasteiger partial charge >= 0.3 is 5.97 Å². The van der Waals surface area contributed by atoms with Crippen LogP contribution in [0.4, 0.5) is 5.13 Å². The van der Waals surface area contributed by atoms with E-state index in [-0.39, 0.29) is 24.3 Å². The van der Waals surface area contributed by atoms with Gasteiger partial charge in [-0.1, -0.05) is 0 Å². The zero-order valence-corrected chi connectivity index (χ0v) is 10.2. The van der Waals surface area contributed by atoms with E-state index in [4.69, 9.17) is 5.73 Å². The van der Waals surface area contributed by atoms with Crippen molar-refractivity contribution in [2.24, 2.45) is 5.73 Å². The van der Waals surface area contributed by atoms with Gasteiger partial charge in [0, 0.05) is 24.4 Å². The van der Waals surface area contributed by atoms with Crippen LogP contribution >= 0.6 is 11.3 Å². The van der Waals surface area contributed by atoms with Crippen LogP contribution in [0.1, 0.15) is 12.1 Å². The molecule has 1 saturated heterocycles. The monoisotopic (exact) mass is 255 g/mol. The van der Waals surface area contributed by atoms with Crippen molar-refractivity contribution in [1.29, 1.82) is 0 Å². The van der Waals surface area contributed by atoms with Gasteiger partial charge < -0.3 is 10.5 Å². The fourth-order valence-electron chi connectivity index (χ4n) is 1.64. The number of carbonyl (C=O) groups is 2. The molecular formula is C10H13N3O3S. The van der Waals surface area contributed by atoms with Gasteiger partial charge in [-0.25, -0.2) is 4.98 Å². The van der Waals surface area contributed by atoms with Gasteiger partial charge in [0.25, 0.3) is 0 Å². The van der Waals surface area contributed by atoms with Gasteiger partial charge in [0.05, 0.1) is 19.2 Å². The lowest BCUT2D eigenvalue weighted by atomic mass is 10.3. The first-order chi connectivity index (χ1) is 8.10. The second-order valence-electron chi connectivity index (χ2n) is 3.84. The maximum absolute atomic E-state index is 11.6. The number of thiazole rings is 1. The SMILES string of the molecule is COC(=O)Cc1csc(N2CC(N)CC2=O)n1. The van der Waals surface area contributed by atoms with Crippen LogP contribution in [0, 0.1) is 0 Å². The summed E-state index contributed by atoms with van der Waals surface area (Å²) in [6.45, 7) is 0.490. The summed E-state index contributed by atoms with van der Waals surface area (Å²) in [6.07, 6.45) is 0.479. The molecule has 1 aliphatic heterocycles. The highest BCUT2D eigenvalue weighted by molar-refractivity contribution is 7.14. The molecule has 0 aromatic carbocycles. The Hall–Kier alpha value is -1.47. The van der Waals surface area contributed by atoms with E-state index in [1.54, 1.807) is 10.3 Å². The third-order valence-corrected chi connectivity index (χ3v) is 3.39. The van der Waals surface area contributed by atoms with Crippen molar-refractivity contribution in [3.63, 3.8) is 0 Å². The first kappa shape index (κ1) is 12.0. The third kappa shape index (κ3) is 2.62. The minimum Gasteiger partial charge on any atom is -0.469 e. The number of esters is 1. The molecule has 1 amide bonds. The van der Waals surface area contributed by atoms with Crippen molar-refractivity contribution in [3.05, 3.63) is 11.1 Å². The van der Waals surface area contributed by atoms with E-state index in [1.165, 1.54) is 18.4 Å². The lowest BCUT2D eigenvalue weighted by Crippen LogP contribution is -2.27. The summed E-state index contributed by atoms with van der Waals surface area (Å²) in [5, 5.41) is 2.35. The van der Waals surface area contributed by atoms with Crippen molar-refractivity contribution >= 4 is 28.3 Å². The van der Waals surface area contributed by atoms with Gasteiger partial charge in [0.1, 0.15) is 0 Å². The molecule has 0 radical (unpaired) electrons. The molecule has 2 rings (SSSR count). The highest BCUT2D eigenvalue weighted by Crippen LogP contribution is 2.25. The topological polar surface area (TPSA) is 85.5 Å². The third-order valence-electron chi connectivity index (χ3n) is 2.48. The Morgan fingerprint density at radius 1 is 1.76 bits per heavy atom. The Bertz CT molecular complexity index is 446. The predicted molar refractivity (Wildman–Crippen MR) is 62.8 cm³/mol. The molecule has 0 saturated carbocycles. The predicted octanol–water partition coefficient (Wildman–Crippen LogP) is -0.0774. The standard InChI is InChI=1S/C10H13N3O3S/c1-16-9(15)3-7-5-17-10(12-7)13-4-6(11)2-8(13)14/h5-6H,2-4,11H2,1H3. The van der Waals surface area contributed by atoms with Gasteiger partial charge in [0.2, 0.25) is 5.91 Å². The van der Waals surface area contributed by atoms with Gasteiger partial charge in [-0.2, -0.15) is 0 Å². The Morgan fingerprint density at radius 2 is 2.53 bits per heavy atom. The maximum atomic E-state index is 11.6. The summed E-state index contributed by atoms with van der Waals surface area (Å²) in [4.78, 5) is 28.5. The molecule has 7 heteroatoms. The van der Waals surface area contributed by atoms with Crippen molar-refractivity contribution in [2.75, 3.05) is 18.6 Å². The Balaban J connectivity index is 2.08. The van der Waals surface area contributed by atoms with Crippen LogP contribution in [0.15, 0.2) is 5.38 Å². The van der Waals surface area contributed by atoms with Crippen LogP contribution in [0.5, 0.6) is 0 Å². The number of nitrogens with two attached hydrogens (primary N) is 1. The first-order valence-electron chi connectivity index (χ1n) is 5.17. The molecule has 0 spiro atoms. The fraction of sp³-hybridized carbons (Fsp3) is 0.500. The zero-order chi connectivity index (χ0) is 12.4. The number of ether oxygens (including phenoxy) is 1. The normalized spacial score (nSPS) is 19.8. The number of rotatable bonds is 3. The number of hydrogen-bond acceptors (Lipinski definition) is 6. The highest BCUT2D eigenvalue weighted by Gasteiger charge is 2.30. The second-order valence-corrected chi connectivity index (χ2v) is 4.68. The molecule has 1 aromatic rings. The molecule has 2 N–H and O–H groups in total. The summed E-state index contributed by atoms with van der Waals surface area (Å²) < 4.78 is 4.55. The molecule has 2 heterocycles. The molecule has 17 heavy (non-hydrogen) atoms. The van der Waals surface area contributed by atoms with Crippen LogP contribution in [0.25, 0.3) is 0 Å². The summed E-state index contributed by atoms with van der Waals surface area (Å²) >= 11 is 1.34. The molecule has 1 fully saturated rings. The minimum atomic E-state index is -0.341. The van der Waals surface area contributed by atoms with E-state index < -0.39 is 0 Å².